The van der Waals surface area contributed by atoms with E-state index in [-0.39, 0.29) is 18.6 Å². The van der Waals surface area contributed by atoms with Crippen molar-refractivity contribution in [1.82, 2.24) is 15.5 Å². The number of piperidine rings is 1. The Labute approximate surface area is 176 Å². The predicted octanol–water partition coefficient (Wildman–Crippen LogP) is 3.25. The first-order valence-corrected chi connectivity index (χ1v) is 10.1. The van der Waals surface area contributed by atoms with Crippen molar-refractivity contribution in [3.8, 4) is 22.8 Å². The van der Waals surface area contributed by atoms with Crippen LogP contribution in [0.1, 0.15) is 12.8 Å². The summed E-state index contributed by atoms with van der Waals surface area (Å²) in [7, 11) is 1.66. The molecule has 7 heteroatoms. The Morgan fingerprint density at radius 2 is 1.97 bits per heavy atom. The van der Waals surface area contributed by atoms with Crippen molar-refractivity contribution in [2.45, 2.75) is 18.9 Å². The van der Waals surface area contributed by atoms with E-state index in [4.69, 9.17) is 9.47 Å². The molecule has 7 nitrogen and oxygen atoms in total. The van der Waals surface area contributed by atoms with Crippen LogP contribution in [0.2, 0.25) is 0 Å². The molecular weight excluding hydrogens is 380 g/mol. The molecule has 30 heavy (non-hydrogen) atoms. The monoisotopic (exact) mass is 406 g/mol. The van der Waals surface area contributed by atoms with Gasteiger partial charge in [-0.25, -0.2) is 0 Å². The van der Waals surface area contributed by atoms with Gasteiger partial charge in [0.15, 0.2) is 12.4 Å². The lowest BCUT2D eigenvalue weighted by Gasteiger charge is -2.33. The SMILES string of the molecule is COc1ccc(-c2cc(N3CCC[C@H](NC(=O)COc4ccccc4)C3)n[nH]2)cc1. The fraction of sp³-hybridized carbons (Fsp3) is 0.304. The zero-order valence-corrected chi connectivity index (χ0v) is 17.0. The van der Waals surface area contributed by atoms with E-state index < -0.39 is 0 Å². The second kappa shape index (κ2) is 9.35. The minimum atomic E-state index is -0.105. The highest BCUT2D eigenvalue weighted by atomic mass is 16.5. The fourth-order valence-electron chi connectivity index (χ4n) is 3.63. The van der Waals surface area contributed by atoms with E-state index in [1.54, 1.807) is 7.11 Å². The van der Waals surface area contributed by atoms with Gasteiger partial charge in [-0.1, -0.05) is 18.2 Å². The van der Waals surface area contributed by atoms with Gasteiger partial charge in [0.25, 0.3) is 5.91 Å². The minimum Gasteiger partial charge on any atom is -0.497 e. The van der Waals surface area contributed by atoms with Gasteiger partial charge in [-0.2, -0.15) is 5.10 Å². The smallest absolute Gasteiger partial charge is 0.258 e. The van der Waals surface area contributed by atoms with Crippen LogP contribution >= 0.6 is 0 Å². The van der Waals surface area contributed by atoms with Crippen molar-refractivity contribution in [2.75, 3.05) is 31.7 Å². The molecule has 1 aromatic heterocycles. The minimum absolute atomic E-state index is 0.0184. The molecule has 1 aliphatic rings. The maximum Gasteiger partial charge on any atom is 0.258 e. The predicted molar refractivity (Wildman–Crippen MR) is 116 cm³/mol. The van der Waals surface area contributed by atoms with Crippen LogP contribution in [-0.4, -0.2) is 49.0 Å². The number of methoxy groups -OCH3 is 1. The summed E-state index contributed by atoms with van der Waals surface area (Å²) in [5.41, 5.74) is 2.00. The zero-order valence-electron chi connectivity index (χ0n) is 17.0. The number of para-hydroxylation sites is 1. The lowest BCUT2D eigenvalue weighted by molar-refractivity contribution is -0.123. The molecule has 1 saturated heterocycles. The molecule has 0 bridgehead atoms. The molecule has 3 aromatic rings. The molecule has 156 valence electrons. The number of anilines is 1. The molecule has 0 spiro atoms. The molecule has 1 aliphatic heterocycles. The van der Waals surface area contributed by atoms with Crippen LogP contribution in [0.4, 0.5) is 5.82 Å². The number of rotatable bonds is 7. The third-order valence-electron chi connectivity index (χ3n) is 5.19. The van der Waals surface area contributed by atoms with Crippen LogP contribution in [0.15, 0.2) is 60.7 Å². The van der Waals surface area contributed by atoms with Gasteiger partial charge in [0, 0.05) is 25.2 Å². The molecule has 2 heterocycles. The van der Waals surface area contributed by atoms with E-state index in [0.29, 0.717) is 5.75 Å². The highest BCUT2D eigenvalue weighted by molar-refractivity contribution is 5.78. The molecule has 1 fully saturated rings. The average Bonchev–Trinajstić information content (AvgIpc) is 3.29. The van der Waals surface area contributed by atoms with E-state index in [0.717, 1.165) is 48.8 Å². The highest BCUT2D eigenvalue weighted by Crippen LogP contribution is 2.25. The van der Waals surface area contributed by atoms with E-state index in [2.05, 4.69) is 20.4 Å². The Hall–Kier alpha value is -3.48. The van der Waals surface area contributed by atoms with Crippen LogP contribution in [0.5, 0.6) is 11.5 Å². The largest absolute Gasteiger partial charge is 0.497 e. The van der Waals surface area contributed by atoms with Crippen LogP contribution in [0, 0.1) is 0 Å². The normalized spacial score (nSPS) is 16.2. The molecule has 0 saturated carbocycles. The Morgan fingerprint density at radius 3 is 2.73 bits per heavy atom. The Kier molecular flexibility index (Phi) is 6.17. The van der Waals surface area contributed by atoms with Crippen LogP contribution in [0.25, 0.3) is 11.3 Å². The summed E-state index contributed by atoms with van der Waals surface area (Å²) < 4.78 is 10.8. The van der Waals surface area contributed by atoms with Gasteiger partial charge < -0.3 is 19.7 Å². The Balaban J connectivity index is 1.32. The number of carbonyl (C=O) groups is 1. The first-order chi connectivity index (χ1) is 14.7. The van der Waals surface area contributed by atoms with Gasteiger partial charge in [0.05, 0.1) is 12.8 Å². The van der Waals surface area contributed by atoms with E-state index in [9.17, 15) is 4.79 Å². The number of benzene rings is 2. The Morgan fingerprint density at radius 1 is 1.17 bits per heavy atom. The number of nitrogens with zero attached hydrogens (tertiary/aromatic N) is 2. The van der Waals surface area contributed by atoms with Crippen molar-refractivity contribution in [1.29, 1.82) is 0 Å². The average molecular weight is 406 g/mol. The number of hydrogen-bond donors (Lipinski definition) is 2. The van der Waals surface area contributed by atoms with Gasteiger partial charge >= 0.3 is 0 Å². The number of aromatic nitrogens is 2. The van der Waals surface area contributed by atoms with E-state index >= 15 is 0 Å². The van der Waals surface area contributed by atoms with Gasteiger partial charge in [0.1, 0.15) is 11.5 Å². The lowest BCUT2D eigenvalue weighted by Crippen LogP contribution is -2.49. The number of amides is 1. The summed E-state index contributed by atoms with van der Waals surface area (Å²) in [4.78, 5) is 14.5. The fourth-order valence-corrected chi connectivity index (χ4v) is 3.63. The standard InChI is InChI=1S/C23H26N4O3/c1-29-19-11-9-17(10-12-19)21-14-22(26-25-21)27-13-5-6-18(15-27)24-23(28)16-30-20-7-3-2-4-8-20/h2-4,7-12,14,18H,5-6,13,15-16H2,1H3,(H,24,28)(H,25,26)/t18-/m0/s1. The molecule has 1 atom stereocenters. The van der Waals surface area contributed by atoms with Crippen molar-refractivity contribution < 1.29 is 14.3 Å². The number of ether oxygens (including phenoxy) is 2. The first-order valence-electron chi connectivity index (χ1n) is 10.1. The molecular formula is C23H26N4O3. The van der Waals surface area contributed by atoms with Crippen molar-refractivity contribution in [2.24, 2.45) is 0 Å². The van der Waals surface area contributed by atoms with Crippen LogP contribution in [0.3, 0.4) is 0 Å². The third-order valence-corrected chi connectivity index (χ3v) is 5.19. The van der Waals surface area contributed by atoms with Gasteiger partial charge in [-0.15, -0.1) is 0 Å². The molecule has 0 radical (unpaired) electrons. The number of nitrogens with one attached hydrogen (secondary N) is 2. The van der Waals surface area contributed by atoms with Gasteiger partial charge in [0.2, 0.25) is 0 Å². The first kappa shape index (κ1) is 19.8. The summed E-state index contributed by atoms with van der Waals surface area (Å²) in [5, 5.41) is 10.7. The number of H-pyrrole nitrogens is 1. The quantitative estimate of drug-likeness (QED) is 0.630. The van der Waals surface area contributed by atoms with Crippen LogP contribution < -0.4 is 19.7 Å². The summed E-state index contributed by atoms with van der Waals surface area (Å²) in [5.74, 6) is 2.30. The lowest BCUT2D eigenvalue weighted by atomic mass is 10.1. The summed E-state index contributed by atoms with van der Waals surface area (Å²) in [6.45, 7) is 1.66. The van der Waals surface area contributed by atoms with E-state index in [1.165, 1.54) is 0 Å². The Bertz CT molecular complexity index is 956. The maximum absolute atomic E-state index is 12.3. The molecule has 4 rings (SSSR count). The van der Waals surface area contributed by atoms with Crippen LogP contribution in [-0.2, 0) is 4.79 Å². The highest BCUT2D eigenvalue weighted by Gasteiger charge is 2.23. The molecule has 2 aromatic carbocycles. The molecule has 0 unspecified atom stereocenters. The van der Waals surface area contributed by atoms with Crippen molar-refractivity contribution >= 4 is 11.7 Å². The number of aromatic amines is 1. The third kappa shape index (κ3) is 4.92. The molecule has 1 amide bonds. The topological polar surface area (TPSA) is 79.5 Å². The van der Waals surface area contributed by atoms with E-state index in [1.807, 2.05) is 60.7 Å². The summed E-state index contributed by atoms with van der Waals surface area (Å²) in [6.07, 6.45) is 1.94. The molecule has 2 N–H and O–H groups in total. The summed E-state index contributed by atoms with van der Waals surface area (Å²) >= 11 is 0. The maximum atomic E-state index is 12.3. The second-order valence-corrected chi connectivity index (χ2v) is 7.32. The van der Waals surface area contributed by atoms with Crippen molar-refractivity contribution in [3.63, 3.8) is 0 Å². The molecule has 0 aliphatic carbocycles. The number of carbonyl (C=O) groups excluding carboxylic acids is 1. The van der Waals surface area contributed by atoms with Gasteiger partial charge in [-0.05, 0) is 54.8 Å². The van der Waals surface area contributed by atoms with Crippen molar-refractivity contribution in [3.05, 3.63) is 60.7 Å². The van der Waals surface area contributed by atoms with Gasteiger partial charge in [-0.3, -0.25) is 9.89 Å². The number of hydrogen-bond acceptors (Lipinski definition) is 5. The second-order valence-electron chi connectivity index (χ2n) is 7.32. The zero-order chi connectivity index (χ0) is 20.8. The summed E-state index contributed by atoms with van der Waals surface area (Å²) in [6, 6.07) is 19.4.